The minimum absolute atomic E-state index is 0.138. The summed E-state index contributed by atoms with van der Waals surface area (Å²) in [5.74, 6) is -1.09. The number of nitrogens with one attached hydrogen (secondary N) is 3. The van der Waals surface area contributed by atoms with E-state index >= 15 is 0 Å². The Labute approximate surface area is 142 Å². The highest BCUT2D eigenvalue weighted by molar-refractivity contribution is 6.00. The molecular weight excluding hydrogens is 322 g/mol. The van der Waals surface area contributed by atoms with Crippen molar-refractivity contribution in [3.63, 3.8) is 0 Å². The highest BCUT2D eigenvalue weighted by Crippen LogP contribution is 2.27. The molecule has 0 saturated carbocycles. The summed E-state index contributed by atoms with van der Waals surface area (Å²) in [5.41, 5.74) is 4.06. The number of carboxylic acids is 1. The second-order valence-corrected chi connectivity index (χ2v) is 5.71. The minimum Gasteiger partial charge on any atom is -0.478 e. The number of benzene rings is 1. The van der Waals surface area contributed by atoms with Gasteiger partial charge >= 0.3 is 5.97 Å². The van der Waals surface area contributed by atoms with Crippen LogP contribution in [0, 0.1) is 0 Å². The number of anilines is 1. The number of carboxylic acid groups (broad SMARTS) is 1. The number of H-pyrrole nitrogens is 1. The smallest absolute Gasteiger partial charge is 0.335 e. The van der Waals surface area contributed by atoms with Crippen LogP contribution in [-0.2, 0) is 13.2 Å². The Kier molecular flexibility index (Phi) is 3.50. The maximum atomic E-state index is 12.0. The molecule has 3 heterocycles. The number of aromatic amines is 1. The lowest BCUT2D eigenvalue weighted by molar-refractivity contribution is 0.0696. The van der Waals surface area contributed by atoms with Gasteiger partial charge in [-0.05, 0) is 30.3 Å². The lowest BCUT2D eigenvalue weighted by Gasteiger charge is -2.07. The molecule has 0 atom stereocenters. The first-order valence-electron chi connectivity index (χ1n) is 7.71. The summed E-state index contributed by atoms with van der Waals surface area (Å²) < 4.78 is 1.75. The van der Waals surface area contributed by atoms with Crippen molar-refractivity contribution < 1.29 is 14.7 Å². The molecule has 8 heteroatoms. The van der Waals surface area contributed by atoms with Gasteiger partial charge < -0.3 is 20.7 Å². The summed E-state index contributed by atoms with van der Waals surface area (Å²) in [4.78, 5) is 25.8. The molecule has 4 N–H and O–H groups in total. The molecule has 0 aliphatic carbocycles. The quantitative estimate of drug-likeness (QED) is 0.581. The predicted molar refractivity (Wildman–Crippen MR) is 90.2 cm³/mol. The van der Waals surface area contributed by atoms with Gasteiger partial charge in [-0.2, -0.15) is 5.10 Å². The van der Waals surface area contributed by atoms with E-state index in [1.165, 1.54) is 0 Å². The number of fused-ring (bicyclic) bond motifs is 3. The van der Waals surface area contributed by atoms with Crippen LogP contribution in [0.4, 0.5) is 5.69 Å². The fourth-order valence-electron chi connectivity index (χ4n) is 2.82. The molecule has 1 aliphatic rings. The maximum absolute atomic E-state index is 12.0. The molecule has 2 aromatic heterocycles. The van der Waals surface area contributed by atoms with Gasteiger partial charge in [-0.25, -0.2) is 4.79 Å². The second kappa shape index (κ2) is 5.82. The van der Waals surface area contributed by atoms with Crippen LogP contribution in [0.5, 0.6) is 0 Å². The molecule has 126 valence electrons. The van der Waals surface area contributed by atoms with Gasteiger partial charge in [0, 0.05) is 35.8 Å². The van der Waals surface area contributed by atoms with E-state index in [4.69, 9.17) is 5.11 Å². The van der Waals surface area contributed by atoms with Gasteiger partial charge in [0.15, 0.2) is 0 Å². The van der Waals surface area contributed by atoms with Crippen molar-refractivity contribution in [2.24, 2.45) is 0 Å². The van der Waals surface area contributed by atoms with Crippen molar-refractivity contribution in [3.8, 4) is 11.3 Å². The first kappa shape index (κ1) is 15.0. The lowest BCUT2D eigenvalue weighted by Crippen LogP contribution is -2.21. The number of carbonyl (C=O) groups is 2. The molecule has 0 unspecified atom stereocenters. The molecule has 0 saturated heterocycles. The molecule has 3 aromatic rings. The van der Waals surface area contributed by atoms with E-state index in [-0.39, 0.29) is 11.5 Å². The molecule has 1 aliphatic heterocycles. The van der Waals surface area contributed by atoms with Crippen molar-refractivity contribution in [3.05, 3.63) is 59.5 Å². The van der Waals surface area contributed by atoms with Crippen LogP contribution in [0.1, 0.15) is 26.4 Å². The third-order valence-corrected chi connectivity index (χ3v) is 4.08. The number of hydrogen-bond acceptors (Lipinski definition) is 4. The Morgan fingerprint density at radius 3 is 2.84 bits per heavy atom. The highest BCUT2D eigenvalue weighted by atomic mass is 16.4. The monoisotopic (exact) mass is 337 g/mol. The fourth-order valence-corrected chi connectivity index (χ4v) is 2.82. The Balaban J connectivity index is 1.53. The van der Waals surface area contributed by atoms with Gasteiger partial charge in [0.2, 0.25) is 0 Å². The number of rotatable bonds is 4. The molecular formula is C17H15N5O3. The minimum atomic E-state index is -0.952. The fraction of sp³-hybridized carbons (Fsp3) is 0.118. The number of aromatic nitrogens is 3. The zero-order chi connectivity index (χ0) is 17.4. The van der Waals surface area contributed by atoms with Gasteiger partial charge in [-0.15, -0.1) is 0 Å². The third-order valence-electron chi connectivity index (χ3n) is 4.08. The lowest BCUT2D eigenvalue weighted by atomic mass is 10.1. The van der Waals surface area contributed by atoms with E-state index in [1.54, 1.807) is 35.1 Å². The molecule has 0 spiro atoms. The average molecular weight is 337 g/mol. The van der Waals surface area contributed by atoms with Crippen LogP contribution < -0.4 is 10.6 Å². The summed E-state index contributed by atoms with van der Waals surface area (Å²) in [6, 6.07) is 8.36. The molecule has 0 bridgehead atoms. The van der Waals surface area contributed by atoms with E-state index in [1.807, 2.05) is 12.3 Å². The topological polar surface area (TPSA) is 112 Å². The van der Waals surface area contributed by atoms with Gasteiger partial charge in [-0.1, -0.05) is 0 Å². The van der Waals surface area contributed by atoms with Gasteiger partial charge in [0.05, 0.1) is 11.3 Å². The zero-order valence-electron chi connectivity index (χ0n) is 13.1. The Morgan fingerprint density at radius 2 is 2.08 bits per heavy atom. The maximum Gasteiger partial charge on any atom is 0.335 e. The van der Waals surface area contributed by atoms with E-state index < -0.39 is 5.97 Å². The van der Waals surface area contributed by atoms with Crippen LogP contribution >= 0.6 is 0 Å². The molecule has 8 nitrogen and oxygen atoms in total. The number of carbonyl (C=O) groups excluding carboxylic acids is 1. The Morgan fingerprint density at radius 1 is 1.28 bits per heavy atom. The molecule has 1 aromatic carbocycles. The normalized spacial score (nSPS) is 12.7. The molecule has 0 fully saturated rings. The van der Waals surface area contributed by atoms with Crippen LogP contribution in [0.25, 0.3) is 11.3 Å². The van der Waals surface area contributed by atoms with Crippen molar-refractivity contribution in [1.29, 1.82) is 0 Å². The predicted octanol–water partition coefficient (Wildman–Crippen LogP) is 1.89. The second-order valence-electron chi connectivity index (χ2n) is 5.71. The van der Waals surface area contributed by atoms with E-state index in [2.05, 4.69) is 20.7 Å². The SMILES string of the molecule is O=C(O)c1ccc(NCn2cc3c(n2)-c2cc[nH]c2C(=O)NC3)cc1. The molecule has 1 amide bonds. The van der Waals surface area contributed by atoms with Gasteiger partial charge in [-0.3, -0.25) is 9.48 Å². The number of nitrogens with zero attached hydrogens (tertiary/aromatic N) is 2. The summed E-state index contributed by atoms with van der Waals surface area (Å²) in [5, 5.41) is 19.5. The largest absolute Gasteiger partial charge is 0.478 e. The van der Waals surface area contributed by atoms with Crippen molar-refractivity contribution in [1.82, 2.24) is 20.1 Å². The first-order valence-corrected chi connectivity index (χ1v) is 7.71. The van der Waals surface area contributed by atoms with Gasteiger partial charge in [0.25, 0.3) is 5.91 Å². The summed E-state index contributed by atoms with van der Waals surface area (Å²) in [6.45, 7) is 0.844. The average Bonchev–Trinajstić information content (AvgIpc) is 3.22. The summed E-state index contributed by atoms with van der Waals surface area (Å²) >= 11 is 0. The van der Waals surface area contributed by atoms with Crippen molar-refractivity contribution in [2.75, 3.05) is 5.32 Å². The highest BCUT2D eigenvalue weighted by Gasteiger charge is 2.23. The van der Waals surface area contributed by atoms with E-state index in [9.17, 15) is 9.59 Å². The van der Waals surface area contributed by atoms with Crippen LogP contribution in [0.15, 0.2) is 42.7 Å². The number of hydrogen-bond donors (Lipinski definition) is 4. The molecule has 0 radical (unpaired) electrons. The Bertz CT molecular complexity index is 955. The summed E-state index contributed by atoms with van der Waals surface area (Å²) in [7, 11) is 0. The van der Waals surface area contributed by atoms with Crippen molar-refractivity contribution in [2.45, 2.75) is 13.2 Å². The standard InChI is InChI=1S/C17H15N5O3/c23-16-15-13(5-6-18-15)14-11(7-19-16)8-22(21-14)9-20-12-3-1-10(2-4-12)17(24)25/h1-6,8,18,20H,7,9H2,(H,19,23)(H,24,25). The number of aromatic carboxylic acids is 1. The van der Waals surface area contributed by atoms with Crippen LogP contribution in [0.3, 0.4) is 0 Å². The van der Waals surface area contributed by atoms with Gasteiger partial charge in [0.1, 0.15) is 12.4 Å². The zero-order valence-corrected chi connectivity index (χ0v) is 13.1. The van der Waals surface area contributed by atoms with Crippen LogP contribution in [-0.4, -0.2) is 31.7 Å². The summed E-state index contributed by atoms with van der Waals surface area (Å²) in [6.07, 6.45) is 3.61. The number of amides is 1. The first-order chi connectivity index (χ1) is 12.1. The van der Waals surface area contributed by atoms with Crippen LogP contribution in [0.2, 0.25) is 0 Å². The Hall–Kier alpha value is -3.55. The van der Waals surface area contributed by atoms with E-state index in [0.29, 0.717) is 18.9 Å². The van der Waals surface area contributed by atoms with Crippen molar-refractivity contribution >= 4 is 17.6 Å². The molecule has 4 rings (SSSR count). The van der Waals surface area contributed by atoms with E-state index in [0.717, 1.165) is 22.5 Å². The third kappa shape index (κ3) is 2.74. The molecule has 25 heavy (non-hydrogen) atoms.